The third-order valence-electron chi connectivity index (χ3n) is 6.26. The number of aryl methyl sites for hydroxylation is 2. The molecule has 0 unspecified atom stereocenters. The van der Waals surface area contributed by atoms with Crippen molar-refractivity contribution in [2.45, 2.75) is 27.3 Å². The molecule has 0 bridgehead atoms. The predicted octanol–water partition coefficient (Wildman–Crippen LogP) is 3.22. The molecule has 30 heavy (non-hydrogen) atoms. The summed E-state index contributed by atoms with van der Waals surface area (Å²) in [6.45, 7) is 10.9. The molecule has 2 aromatic rings. The lowest BCUT2D eigenvalue weighted by molar-refractivity contribution is -0.138. The fourth-order valence-electron chi connectivity index (χ4n) is 4.21. The van der Waals surface area contributed by atoms with Gasteiger partial charge in [-0.3, -0.25) is 14.5 Å². The van der Waals surface area contributed by atoms with Crippen LogP contribution >= 0.6 is 0 Å². The molecule has 0 spiro atoms. The van der Waals surface area contributed by atoms with Gasteiger partial charge in [-0.2, -0.15) is 0 Å². The lowest BCUT2D eigenvalue weighted by atomic mass is 9.99. The highest BCUT2D eigenvalue weighted by molar-refractivity contribution is 6.35. The average Bonchev–Trinajstić information content (AvgIpc) is 3.01. The van der Waals surface area contributed by atoms with Crippen molar-refractivity contribution >= 4 is 17.4 Å². The maximum atomic E-state index is 13.5. The number of imide groups is 1. The minimum absolute atomic E-state index is 0.179. The zero-order valence-corrected chi connectivity index (χ0v) is 18.0. The van der Waals surface area contributed by atoms with Gasteiger partial charge in [0.2, 0.25) is 0 Å². The molecule has 156 valence electrons. The number of amides is 2. The molecule has 2 heterocycles. The smallest absolute Gasteiger partial charge is 0.278 e. The summed E-state index contributed by atoms with van der Waals surface area (Å²) in [6.07, 6.45) is 0. The van der Waals surface area contributed by atoms with Gasteiger partial charge in [0.05, 0.1) is 12.1 Å². The number of carbonyl (C=O) groups is 2. The van der Waals surface area contributed by atoms with E-state index in [2.05, 4.69) is 23.6 Å². The van der Waals surface area contributed by atoms with E-state index in [0.717, 1.165) is 49.4 Å². The fourth-order valence-corrected chi connectivity index (χ4v) is 4.21. The van der Waals surface area contributed by atoms with Crippen molar-refractivity contribution in [2.24, 2.45) is 0 Å². The van der Waals surface area contributed by atoms with Crippen LogP contribution in [0.3, 0.4) is 0 Å². The van der Waals surface area contributed by atoms with Crippen LogP contribution in [0, 0.1) is 13.8 Å². The van der Waals surface area contributed by atoms with Crippen LogP contribution in [0.25, 0.3) is 5.57 Å². The van der Waals surface area contributed by atoms with E-state index in [-0.39, 0.29) is 11.8 Å². The van der Waals surface area contributed by atoms with Crippen LogP contribution in [-0.4, -0.2) is 59.2 Å². The van der Waals surface area contributed by atoms with E-state index < -0.39 is 0 Å². The SMILES string of the molecule is CCN1CCN(C2=C(c3ccc(C)c(C)c3)C(=O)N(Cc3ccccc3)C2=O)CC1. The summed E-state index contributed by atoms with van der Waals surface area (Å²) >= 11 is 0. The number of hydrogen-bond acceptors (Lipinski definition) is 4. The van der Waals surface area contributed by atoms with Gasteiger partial charge in [0.25, 0.3) is 11.8 Å². The van der Waals surface area contributed by atoms with Gasteiger partial charge in [-0.05, 0) is 42.6 Å². The molecule has 4 rings (SSSR count). The van der Waals surface area contributed by atoms with Crippen molar-refractivity contribution in [2.75, 3.05) is 32.7 Å². The summed E-state index contributed by atoms with van der Waals surface area (Å²) < 4.78 is 0. The quantitative estimate of drug-likeness (QED) is 0.719. The average molecular weight is 404 g/mol. The Hall–Kier alpha value is -2.92. The zero-order valence-electron chi connectivity index (χ0n) is 18.0. The van der Waals surface area contributed by atoms with Gasteiger partial charge in [-0.25, -0.2) is 0 Å². The molecule has 0 aliphatic carbocycles. The van der Waals surface area contributed by atoms with Crippen molar-refractivity contribution in [1.29, 1.82) is 0 Å². The molecular formula is C25H29N3O2. The maximum Gasteiger partial charge on any atom is 0.278 e. The van der Waals surface area contributed by atoms with E-state index >= 15 is 0 Å². The van der Waals surface area contributed by atoms with Crippen molar-refractivity contribution in [1.82, 2.24) is 14.7 Å². The van der Waals surface area contributed by atoms with Crippen LogP contribution in [0.4, 0.5) is 0 Å². The number of carbonyl (C=O) groups excluding carboxylic acids is 2. The van der Waals surface area contributed by atoms with Crippen LogP contribution < -0.4 is 0 Å². The number of hydrogen-bond donors (Lipinski definition) is 0. The van der Waals surface area contributed by atoms with E-state index in [1.54, 1.807) is 0 Å². The van der Waals surface area contributed by atoms with Gasteiger partial charge in [-0.15, -0.1) is 0 Å². The molecule has 5 nitrogen and oxygen atoms in total. The summed E-state index contributed by atoms with van der Waals surface area (Å²) in [5.41, 5.74) is 5.20. The van der Waals surface area contributed by atoms with E-state index in [4.69, 9.17) is 0 Å². The lowest BCUT2D eigenvalue weighted by Gasteiger charge is -2.36. The third-order valence-corrected chi connectivity index (χ3v) is 6.26. The minimum Gasteiger partial charge on any atom is -0.364 e. The van der Waals surface area contributed by atoms with Gasteiger partial charge in [0.1, 0.15) is 5.70 Å². The Morgan fingerprint density at radius 1 is 0.833 bits per heavy atom. The number of rotatable bonds is 5. The Balaban J connectivity index is 1.73. The Labute approximate surface area is 178 Å². The van der Waals surface area contributed by atoms with Gasteiger partial charge in [0, 0.05) is 26.2 Å². The molecular weight excluding hydrogens is 374 g/mol. The van der Waals surface area contributed by atoms with E-state index in [1.165, 1.54) is 10.5 Å². The van der Waals surface area contributed by atoms with Gasteiger partial charge in [-0.1, -0.05) is 55.5 Å². The first-order chi connectivity index (χ1) is 14.5. The second-order valence-electron chi connectivity index (χ2n) is 8.13. The van der Waals surface area contributed by atoms with E-state index in [9.17, 15) is 9.59 Å². The third kappa shape index (κ3) is 3.77. The van der Waals surface area contributed by atoms with Gasteiger partial charge < -0.3 is 9.80 Å². The number of likely N-dealkylation sites (N-methyl/N-ethyl adjacent to an activating group) is 1. The van der Waals surface area contributed by atoms with Crippen LogP contribution in [0.5, 0.6) is 0 Å². The van der Waals surface area contributed by atoms with Crippen LogP contribution in [0.1, 0.15) is 29.2 Å². The van der Waals surface area contributed by atoms with E-state index in [1.807, 2.05) is 55.5 Å². The van der Waals surface area contributed by atoms with Crippen LogP contribution in [0.2, 0.25) is 0 Å². The maximum absolute atomic E-state index is 13.5. The molecule has 0 saturated carbocycles. The summed E-state index contributed by atoms with van der Waals surface area (Å²) in [6, 6.07) is 15.7. The first-order valence-electron chi connectivity index (χ1n) is 10.7. The minimum atomic E-state index is -0.194. The van der Waals surface area contributed by atoms with Crippen LogP contribution in [0.15, 0.2) is 54.2 Å². The Morgan fingerprint density at radius 3 is 2.17 bits per heavy atom. The molecule has 2 amide bonds. The van der Waals surface area contributed by atoms with Crippen molar-refractivity contribution in [3.05, 3.63) is 76.5 Å². The Morgan fingerprint density at radius 2 is 1.53 bits per heavy atom. The summed E-state index contributed by atoms with van der Waals surface area (Å²) in [4.78, 5) is 32.9. The molecule has 1 saturated heterocycles. The molecule has 0 atom stereocenters. The molecule has 2 aromatic carbocycles. The van der Waals surface area contributed by atoms with Crippen molar-refractivity contribution in [3.8, 4) is 0 Å². The number of benzene rings is 2. The Bertz CT molecular complexity index is 989. The highest BCUT2D eigenvalue weighted by atomic mass is 16.2. The molecule has 0 aromatic heterocycles. The summed E-state index contributed by atoms with van der Waals surface area (Å²) in [5, 5.41) is 0. The largest absolute Gasteiger partial charge is 0.364 e. The summed E-state index contributed by atoms with van der Waals surface area (Å²) in [5.74, 6) is -0.373. The molecule has 0 N–H and O–H groups in total. The predicted molar refractivity (Wildman–Crippen MR) is 119 cm³/mol. The van der Waals surface area contributed by atoms with E-state index in [0.29, 0.717) is 17.8 Å². The monoisotopic (exact) mass is 403 g/mol. The standard InChI is InChI=1S/C25H29N3O2/c1-4-26-12-14-27(15-13-26)23-22(21-11-10-18(2)19(3)16-21)24(29)28(25(23)30)17-20-8-6-5-7-9-20/h5-11,16H,4,12-15,17H2,1-3H3. The Kier molecular flexibility index (Phi) is 5.73. The van der Waals surface area contributed by atoms with Crippen LogP contribution in [-0.2, 0) is 16.1 Å². The van der Waals surface area contributed by atoms with Crippen molar-refractivity contribution < 1.29 is 9.59 Å². The first-order valence-corrected chi connectivity index (χ1v) is 10.7. The van der Waals surface area contributed by atoms with Gasteiger partial charge >= 0.3 is 0 Å². The topological polar surface area (TPSA) is 43.9 Å². The molecule has 1 fully saturated rings. The first kappa shape index (κ1) is 20.4. The number of piperazine rings is 1. The molecule has 5 heteroatoms. The lowest BCUT2D eigenvalue weighted by Crippen LogP contribution is -2.47. The molecule has 0 radical (unpaired) electrons. The second kappa shape index (κ2) is 8.44. The number of nitrogens with zero attached hydrogens (tertiary/aromatic N) is 3. The normalized spacial score (nSPS) is 18.0. The molecule has 2 aliphatic heterocycles. The second-order valence-corrected chi connectivity index (χ2v) is 8.13. The fraction of sp³-hybridized carbons (Fsp3) is 0.360. The highest BCUT2D eigenvalue weighted by Crippen LogP contribution is 2.33. The highest BCUT2D eigenvalue weighted by Gasteiger charge is 2.42. The molecule has 2 aliphatic rings. The summed E-state index contributed by atoms with van der Waals surface area (Å²) in [7, 11) is 0. The zero-order chi connectivity index (χ0) is 21.3. The van der Waals surface area contributed by atoms with Crippen molar-refractivity contribution in [3.63, 3.8) is 0 Å². The van der Waals surface area contributed by atoms with Gasteiger partial charge in [0.15, 0.2) is 0 Å².